The van der Waals surface area contributed by atoms with Crippen molar-refractivity contribution in [1.82, 2.24) is 9.78 Å². The normalized spacial score (nSPS) is 17.1. The standard InChI is InChI=1S/C33H33FN2O5/c1-19-13-24(39-18-22-11-12-36(3)35-22)14-20(2)32(19)26-7-9-28(34)33-27(26)8-10-29(33)41-23-5-6-25-21(15-31(37)38-4)17-40-30(25)16-23/h5-7,9,11-14,16,21,29H,8,10,15,17-18H2,1-4H3. The lowest BCUT2D eigenvalue weighted by Gasteiger charge is -2.19. The SMILES string of the molecule is COC(=O)CC1COc2cc(OC3CCc4c(-c5c(C)cc(OCc6ccn(C)n6)cc5C)ccc(F)c43)ccc21. The second-order valence-corrected chi connectivity index (χ2v) is 10.8. The lowest BCUT2D eigenvalue weighted by Crippen LogP contribution is -2.09. The fraction of sp³-hybridized carbons (Fsp3) is 0.333. The van der Waals surface area contributed by atoms with Gasteiger partial charge in [-0.15, -0.1) is 0 Å². The summed E-state index contributed by atoms with van der Waals surface area (Å²) in [4.78, 5) is 11.7. The maximum atomic E-state index is 15.3. The van der Waals surface area contributed by atoms with Gasteiger partial charge in [0.15, 0.2) is 0 Å². The Morgan fingerprint density at radius 3 is 2.63 bits per heavy atom. The van der Waals surface area contributed by atoms with E-state index in [9.17, 15) is 4.79 Å². The summed E-state index contributed by atoms with van der Waals surface area (Å²) in [7, 11) is 3.27. The fourth-order valence-electron chi connectivity index (χ4n) is 6.10. The Morgan fingerprint density at radius 2 is 1.90 bits per heavy atom. The molecule has 2 aliphatic rings. The van der Waals surface area contributed by atoms with Crippen LogP contribution in [0.5, 0.6) is 17.2 Å². The molecule has 0 fully saturated rings. The third-order valence-corrected chi connectivity index (χ3v) is 8.00. The summed E-state index contributed by atoms with van der Waals surface area (Å²) < 4.78 is 40.1. The molecule has 0 amide bonds. The molecular formula is C33H33FN2O5. The Labute approximate surface area is 238 Å². The van der Waals surface area contributed by atoms with Crippen LogP contribution in [0.3, 0.4) is 0 Å². The van der Waals surface area contributed by atoms with Gasteiger partial charge in [0.05, 0.1) is 25.8 Å². The van der Waals surface area contributed by atoms with Crippen LogP contribution in [-0.2, 0) is 29.6 Å². The van der Waals surface area contributed by atoms with E-state index in [1.54, 1.807) is 10.7 Å². The molecule has 2 unspecified atom stereocenters. The molecule has 0 saturated carbocycles. The van der Waals surface area contributed by atoms with E-state index >= 15 is 4.39 Å². The topological polar surface area (TPSA) is 71.8 Å². The van der Waals surface area contributed by atoms with E-state index in [4.69, 9.17) is 18.9 Å². The molecule has 1 aromatic heterocycles. The molecule has 1 aliphatic heterocycles. The molecule has 0 N–H and O–H groups in total. The van der Waals surface area contributed by atoms with Gasteiger partial charge in [-0.3, -0.25) is 9.48 Å². The first-order chi connectivity index (χ1) is 19.8. The van der Waals surface area contributed by atoms with Crippen molar-refractivity contribution in [2.75, 3.05) is 13.7 Å². The third kappa shape index (κ3) is 5.26. The molecule has 212 valence electrons. The quantitative estimate of drug-likeness (QED) is 0.230. The van der Waals surface area contributed by atoms with Gasteiger partial charge in [0.25, 0.3) is 0 Å². The average Bonchev–Trinajstić information content (AvgIpc) is 3.67. The minimum absolute atomic E-state index is 0.0445. The molecule has 7 nitrogen and oxygen atoms in total. The van der Waals surface area contributed by atoms with Crippen LogP contribution in [0, 0.1) is 19.7 Å². The van der Waals surface area contributed by atoms with E-state index in [0.29, 0.717) is 43.1 Å². The van der Waals surface area contributed by atoms with E-state index in [1.165, 1.54) is 7.11 Å². The maximum Gasteiger partial charge on any atom is 0.306 e. The van der Waals surface area contributed by atoms with Gasteiger partial charge in [-0.1, -0.05) is 12.1 Å². The van der Waals surface area contributed by atoms with E-state index in [1.807, 2.05) is 55.7 Å². The molecule has 4 aromatic rings. The van der Waals surface area contributed by atoms with E-state index in [0.717, 1.165) is 44.8 Å². The van der Waals surface area contributed by atoms with Crippen LogP contribution in [0.4, 0.5) is 4.39 Å². The summed E-state index contributed by atoms with van der Waals surface area (Å²) in [5, 5.41) is 4.37. The van der Waals surface area contributed by atoms with E-state index < -0.39 is 6.10 Å². The number of carbonyl (C=O) groups is 1. The molecule has 2 atom stereocenters. The minimum Gasteiger partial charge on any atom is -0.492 e. The second-order valence-electron chi connectivity index (χ2n) is 10.8. The Balaban J connectivity index is 1.23. The molecule has 6 rings (SSSR count). The van der Waals surface area contributed by atoms with Crippen molar-refractivity contribution in [2.24, 2.45) is 7.05 Å². The van der Waals surface area contributed by atoms with Crippen molar-refractivity contribution in [3.63, 3.8) is 0 Å². The van der Waals surface area contributed by atoms with Crippen LogP contribution in [0.2, 0.25) is 0 Å². The molecule has 0 saturated heterocycles. The van der Waals surface area contributed by atoms with Crippen molar-refractivity contribution in [2.45, 2.75) is 51.7 Å². The lowest BCUT2D eigenvalue weighted by molar-refractivity contribution is -0.141. The summed E-state index contributed by atoms with van der Waals surface area (Å²) in [6.07, 6.45) is 3.15. The largest absolute Gasteiger partial charge is 0.492 e. The van der Waals surface area contributed by atoms with Gasteiger partial charge in [0, 0.05) is 36.4 Å². The number of nitrogens with zero attached hydrogens (tertiary/aromatic N) is 2. The Hall–Kier alpha value is -4.33. The Bertz CT molecular complexity index is 1610. The number of halogens is 1. The zero-order valence-corrected chi connectivity index (χ0v) is 23.7. The number of hydrogen-bond acceptors (Lipinski definition) is 6. The number of fused-ring (bicyclic) bond motifs is 2. The molecule has 0 bridgehead atoms. The highest BCUT2D eigenvalue weighted by Crippen LogP contribution is 2.45. The monoisotopic (exact) mass is 556 g/mol. The van der Waals surface area contributed by atoms with Crippen LogP contribution in [0.25, 0.3) is 11.1 Å². The summed E-state index contributed by atoms with van der Waals surface area (Å²) >= 11 is 0. The molecule has 2 heterocycles. The number of benzene rings is 3. The Morgan fingerprint density at radius 1 is 1.10 bits per heavy atom. The van der Waals surface area contributed by atoms with Crippen LogP contribution in [0.1, 0.15) is 58.4 Å². The van der Waals surface area contributed by atoms with E-state index in [2.05, 4.69) is 18.9 Å². The van der Waals surface area contributed by atoms with Gasteiger partial charge in [0.2, 0.25) is 0 Å². The number of aromatic nitrogens is 2. The fourth-order valence-corrected chi connectivity index (χ4v) is 6.10. The number of carbonyl (C=O) groups excluding carboxylic acids is 1. The number of hydrogen-bond donors (Lipinski definition) is 0. The first-order valence-electron chi connectivity index (χ1n) is 13.8. The minimum atomic E-state index is -0.406. The number of ether oxygens (including phenoxy) is 4. The number of rotatable bonds is 8. The molecular weight excluding hydrogens is 523 g/mol. The predicted molar refractivity (Wildman–Crippen MR) is 152 cm³/mol. The van der Waals surface area contributed by atoms with Crippen LogP contribution in [0.15, 0.2) is 54.7 Å². The average molecular weight is 557 g/mol. The Kier molecular flexibility index (Phi) is 7.15. The number of esters is 1. The van der Waals surface area contributed by atoms with Crippen molar-refractivity contribution in [3.8, 4) is 28.4 Å². The van der Waals surface area contributed by atoms with Gasteiger partial charge in [-0.05, 0) is 84.8 Å². The van der Waals surface area contributed by atoms with Crippen molar-refractivity contribution in [3.05, 3.63) is 94.1 Å². The third-order valence-electron chi connectivity index (χ3n) is 8.00. The van der Waals surface area contributed by atoms with Crippen molar-refractivity contribution < 1.29 is 28.1 Å². The van der Waals surface area contributed by atoms with Crippen LogP contribution >= 0.6 is 0 Å². The van der Waals surface area contributed by atoms with Crippen LogP contribution in [-0.4, -0.2) is 29.5 Å². The smallest absolute Gasteiger partial charge is 0.306 e. The highest BCUT2D eigenvalue weighted by molar-refractivity contribution is 5.76. The zero-order chi connectivity index (χ0) is 28.7. The summed E-state index contributed by atoms with van der Waals surface area (Å²) in [6.45, 7) is 4.94. The molecule has 0 radical (unpaired) electrons. The van der Waals surface area contributed by atoms with E-state index in [-0.39, 0.29) is 24.1 Å². The first-order valence-corrected chi connectivity index (χ1v) is 13.8. The summed E-state index contributed by atoms with van der Waals surface area (Å²) in [6, 6.07) is 15.1. The highest BCUT2D eigenvalue weighted by Gasteiger charge is 2.32. The zero-order valence-electron chi connectivity index (χ0n) is 23.7. The summed E-state index contributed by atoms with van der Waals surface area (Å²) in [5.74, 6) is 1.52. The van der Waals surface area contributed by atoms with Gasteiger partial charge in [-0.25, -0.2) is 4.39 Å². The lowest BCUT2D eigenvalue weighted by atomic mass is 9.90. The number of aryl methyl sites for hydroxylation is 3. The number of methoxy groups -OCH3 is 1. The van der Waals surface area contributed by atoms with Crippen LogP contribution < -0.4 is 14.2 Å². The molecule has 0 spiro atoms. The molecule has 1 aliphatic carbocycles. The molecule has 3 aromatic carbocycles. The molecule has 41 heavy (non-hydrogen) atoms. The van der Waals surface area contributed by atoms with Crippen molar-refractivity contribution in [1.29, 1.82) is 0 Å². The predicted octanol–water partition coefficient (Wildman–Crippen LogP) is 6.53. The van der Waals surface area contributed by atoms with Gasteiger partial charge >= 0.3 is 5.97 Å². The first kappa shape index (κ1) is 26.9. The second kappa shape index (κ2) is 10.9. The maximum absolute atomic E-state index is 15.3. The summed E-state index contributed by atoms with van der Waals surface area (Å²) in [5.41, 5.74) is 7.68. The van der Waals surface area contributed by atoms with Gasteiger partial charge in [0.1, 0.15) is 35.8 Å². The van der Waals surface area contributed by atoms with Gasteiger partial charge < -0.3 is 18.9 Å². The van der Waals surface area contributed by atoms with Crippen molar-refractivity contribution >= 4 is 5.97 Å². The molecule has 8 heteroatoms. The van der Waals surface area contributed by atoms with Gasteiger partial charge in [-0.2, -0.15) is 5.10 Å². The highest BCUT2D eigenvalue weighted by atomic mass is 19.1.